The van der Waals surface area contributed by atoms with Crippen molar-refractivity contribution in [1.82, 2.24) is 8.87 Å². The molecule has 1 aromatic heterocycles. The monoisotopic (exact) mass is 404 g/mol. The summed E-state index contributed by atoms with van der Waals surface area (Å²) in [6.45, 7) is 2.69. The molecule has 0 saturated heterocycles. The Kier molecular flexibility index (Phi) is 4.25. The maximum Gasteiger partial charge on any atom is 0.269 e. The van der Waals surface area contributed by atoms with Gasteiger partial charge in [0.05, 0.1) is 17.5 Å². The van der Waals surface area contributed by atoms with Crippen LogP contribution in [0.5, 0.6) is 5.75 Å². The summed E-state index contributed by atoms with van der Waals surface area (Å²) in [6, 6.07) is 8.76. The molecule has 1 aliphatic rings. The largest absolute Gasteiger partial charge is 0.497 e. The molecule has 0 atom stereocenters. The van der Waals surface area contributed by atoms with Gasteiger partial charge in [-0.3, -0.25) is 0 Å². The summed E-state index contributed by atoms with van der Waals surface area (Å²) < 4.78 is 33.6. The molecule has 0 amide bonds. The summed E-state index contributed by atoms with van der Waals surface area (Å²) in [6.07, 6.45) is 0.747. The van der Waals surface area contributed by atoms with E-state index in [2.05, 4.69) is 4.90 Å². The van der Waals surface area contributed by atoms with Crippen LogP contribution in [-0.2, 0) is 16.4 Å². The highest BCUT2D eigenvalue weighted by atomic mass is 35.5. The van der Waals surface area contributed by atoms with Crippen molar-refractivity contribution in [1.29, 1.82) is 0 Å². The van der Waals surface area contributed by atoms with Gasteiger partial charge < -0.3 is 9.64 Å². The Morgan fingerprint density at radius 2 is 1.89 bits per heavy atom. The van der Waals surface area contributed by atoms with Crippen molar-refractivity contribution in [3.8, 4) is 16.9 Å². The van der Waals surface area contributed by atoms with Crippen molar-refractivity contribution in [2.24, 2.45) is 0 Å². The van der Waals surface area contributed by atoms with Crippen LogP contribution < -0.4 is 4.74 Å². The molecule has 27 heavy (non-hydrogen) atoms. The second-order valence-electron chi connectivity index (χ2n) is 7.10. The van der Waals surface area contributed by atoms with Crippen molar-refractivity contribution in [2.45, 2.75) is 18.2 Å². The molecule has 2 aromatic carbocycles. The molecule has 1 aliphatic heterocycles. The molecule has 3 aromatic rings. The molecule has 0 unspecified atom stereocenters. The quantitative estimate of drug-likeness (QED) is 0.517. The van der Waals surface area contributed by atoms with Crippen molar-refractivity contribution in [3.63, 3.8) is 0 Å². The summed E-state index contributed by atoms with van der Waals surface area (Å²) in [4.78, 5) is 2.36. The molecule has 7 heteroatoms. The SMILES string of the molecule is COc1ccc2c(c1)-c1cc(Cl)cc3c(CCN(C)C)c(C)n(c13)S2(=O)=O. The van der Waals surface area contributed by atoms with Gasteiger partial charge in [-0.15, -0.1) is 0 Å². The first kappa shape index (κ1) is 18.3. The second-order valence-corrected chi connectivity index (χ2v) is 9.29. The third-order valence-electron chi connectivity index (χ3n) is 5.15. The molecule has 142 valence electrons. The highest BCUT2D eigenvalue weighted by molar-refractivity contribution is 7.90. The van der Waals surface area contributed by atoms with E-state index in [0.29, 0.717) is 21.9 Å². The van der Waals surface area contributed by atoms with Crippen LogP contribution in [-0.4, -0.2) is 45.0 Å². The van der Waals surface area contributed by atoms with E-state index in [1.807, 2.05) is 33.2 Å². The maximum atomic E-state index is 13.4. The van der Waals surface area contributed by atoms with E-state index < -0.39 is 10.0 Å². The number of fused-ring (bicyclic) bond motifs is 2. The van der Waals surface area contributed by atoms with Gasteiger partial charge in [-0.2, -0.15) is 0 Å². The molecule has 0 spiro atoms. The van der Waals surface area contributed by atoms with Gasteiger partial charge in [-0.25, -0.2) is 12.4 Å². The molecule has 2 heterocycles. The van der Waals surface area contributed by atoms with Crippen molar-refractivity contribution < 1.29 is 13.2 Å². The number of ether oxygens (including phenoxy) is 1. The third kappa shape index (κ3) is 2.66. The average molecular weight is 405 g/mol. The molecule has 0 saturated carbocycles. The van der Waals surface area contributed by atoms with Gasteiger partial charge in [0, 0.05) is 33.8 Å². The standard InChI is InChI=1S/C20H21ClN2O3S/c1-12-15(7-8-22(2)3)17-9-13(21)10-18-16-11-14(26-4)5-6-19(16)27(24,25)23(12)20(17)18/h5-6,9-11H,7-8H2,1-4H3. The number of nitrogens with zero attached hydrogens (tertiary/aromatic N) is 2. The summed E-state index contributed by atoms with van der Waals surface area (Å²) >= 11 is 6.43. The lowest BCUT2D eigenvalue weighted by Crippen LogP contribution is -2.19. The predicted molar refractivity (Wildman–Crippen MR) is 109 cm³/mol. The fourth-order valence-corrected chi connectivity index (χ4v) is 5.87. The van der Waals surface area contributed by atoms with Gasteiger partial charge >= 0.3 is 0 Å². The van der Waals surface area contributed by atoms with E-state index in [1.165, 1.54) is 3.97 Å². The van der Waals surface area contributed by atoms with Gasteiger partial charge in [-0.05, 0) is 63.3 Å². The zero-order chi connectivity index (χ0) is 19.5. The maximum absolute atomic E-state index is 13.4. The smallest absolute Gasteiger partial charge is 0.269 e. The lowest BCUT2D eigenvalue weighted by atomic mass is 10.00. The fourth-order valence-electron chi connectivity index (χ4n) is 3.86. The third-order valence-corrected chi connectivity index (χ3v) is 7.22. The summed E-state index contributed by atoms with van der Waals surface area (Å²) in [7, 11) is 1.89. The highest BCUT2D eigenvalue weighted by Crippen LogP contribution is 2.45. The first-order valence-corrected chi connectivity index (χ1v) is 10.5. The van der Waals surface area contributed by atoms with E-state index in [4.69, 9.17) is 16.3 Å². The van der Waals surface area contributed by atoms with Crippen LogP contribution in [0.1, 0.15) is 11.3 Å². The van der Waals surface area contributed by atoms with E-state index in [9.17, 15) is 8.42 Å². The van der Waals surface area contributed by atoms with Crippen molar-refractivity contribution >= 4 is 32.5 Å². The molecular formula is C20H21ClN2O3S. The number of methoxy groups -OCH3 is 1. The minimum Gasteiger partial charge on any atom is -0.497 e. The molecule has 5 nitrogen and oxygen atoms in total. The Labute approximate surface area is 164 Å². The first-order valence-electron chi connectivity index (χ1n) is 8.68. The number of aromatic nitrogens is 1. The Morgan fingerprint density at radius 3 is 2.56 bits per heavy atom. The normalized spacial score (nSPS) is 14.6. The molecule has 0 radical (unpaired) electrons. The Balaban J connectivity index is 2.12. The fraction of sp³-hybridized carbons (Fsp3) is 0.300. The predicted octanol–water partition coefficient (Wildman–Crippen LogP) is 3.93. The number of hydrogen-bond donors (Lipinski definition) is 0. The zero-order valence-electron chi connectivity index (χ0n) is 15.7. The molecule has 0 bridgehead atoms. The van der Waals surface area contributed by atoms with E-state index >= 15 is 0 Å². The minimum atomic E-state index is -3.69. The zero-order valence-corrected chi connectivity index (χ0v) is 17.3. The number of rotatable bonds is 4. The number of hydrogen-bond acceptors (Lipinski definition) is 4. The van der Waals surface area contributed by atoms with E-state index in [1.54, 1.807) is 25.3 Å². The van der Waals surface area contributed by atoms with Gasteiger partial charge in [-0.1, -0.05) is 11.6 Å². The van der Waals surface area contributed by atoms with Gasteiger partial charge in [0.1, 0.15) is 5.75 Å². The molecule has 0 N–H and O–H groups in total. The average Bonchev–Trinajstić information content (AvgIpc) is 2.90. The Hall–Kier alpha value is -2.02. The van der Waals surface area contributed by atoms with Gasteiger partial charge in [0.25, 0.3) is 10.0 Å². The summed E-state index contributed by atoms with van der Waals surface area (Å²) in [5, 5.41) is 1.49. The van der Waals surface area contributed by atoms with E-state index in [-0.39, 0.29) is 4.90 Å². The minimum absolute atomic E-state index is 0.275. The molecule has 0 fully saturated rings. The van der Waals surface area contributed by atoms with Crippen LogP contribution in [0.25, 0.3) is 22.0 Å². The topological polar surface area (TPSA) is 51.5 Å². The van der Waals surface area contributed by atoms with Crippen molar-refractivity contribution in [2.75, 3.05) is 27.7 Å². The number of benzene rings is 2. The van der Waals surface area contributed by atoms with Crippen LogP contribution in [0.4, 0.5) is 0 Å². The summed E-state index contributed by atoms with van der Waals surface area (Å²) in [5.74, 6) is 0.613. The van der Waals surface area contributed by atoms with Crippen LogP contribution in [0.2, 0.25) is 5.02 Å². The van der Waals surface area contributed by atoms with Crippen LogP contribution in [0.3, 0.4) is 0 Å². The molecule has 0 aliphatic carbocycles. The highest BCUT2D eigenvalue weighted by Gasteiger charge is 2.34. The second kappa shape index (κ2) is 6.26. The molecule has 4 rings (SSSR count). The lowest BCUT2D eigenvalue weighted by Gasteiger charge is -2.21. The van der Waals surface area contributed by atoms with E-state index in [0.717, 1.165) is 35.2 Å². The van der Waals surface area contributed by atoms with Crippen LogP contribution in [0.15, 0.2) is 35.2 Å². The Morgan fingerprint density at radius 1 is 1.15 bits per heavy atom. The lowest BCUT2D eigenvalue weighted by molar-refractivity contribution is 0.414. The number of likely N-dealkylation sites (N-methyl/N-ethyl adjacent to an activating group) is 1. The summed E-state index contributed by atoms with van der Waals surface area (Å²) in [5.41, 5.74) is 3.92. The first-order chi connectivity index (χ1) is 12.8. The number of halogens is 1. The van der Waals surface area contributed by atoms with Gasteiger partial charge in [0.15, 0.2) is 0 Å². The van der Waals surface area contributed by atoms with Crippen LogP contribution in [0, 0.1) is 6.92 Å². The molecular weight excluding hydrogens is 384 g/mol. The Bertz CT molecular complexity index is 1180. The van der Waals surface area contributed by atoms with Crippen LogP contribution >= 0.6 is 11.6 Å². The van der Waals surface area contributed by atoms with Gasteiger partial charge in [0.2, 0.25) is 0 Å². The van der Waals surface area contributed by atoms with Crippen molar-refractivity contribution in [3.05, 3.63) is 46.6 Å².